The van der Waals surface area contributed by atoms with Gasteiger partial charge in [-0.3, -0.25) is 4.79 Å². The maximum atomic E-state index is 12.0. The van der Waals surface area contributed by atoms with Crippen LogP contribution in [-0.2, 0) is 0 Å². The lowest BCUT2D eigenvalue weighted by molar-refractivity contribution is 0.102. The van der Waals surface area contributed by atoms with Gasteiger partial charge in [0, 0.05) is 20.0 Å². The fraction of sp³-hybridized carbons (Fsp3) is 0.0714. The molecule has 0 spiro atoms. The Balaban J connectivity index is 2.01. The van der Waals surface area contributed by atoms with E-state index in [1.54, 1.807) is 0 Å². The van der Waals surface area contributed by atoms with E-state index >= 15 is 0 Å². The Hall–Kier alpha value is -0.770. The Kier molecular flexibility index (Phi) is 4.87. The van der Waals surface area contributed by atoms with Crippen molar-refractivity contribution in [1.82, 2.24) is 0 Å². The SMILES string of the molecule is O=C(CSc1ccc(Cl)cc1)c1ccccc1Br. The van der Waals surface area contributed by atoms with Crippen molar-refractivity contribution in [1.29, 1.82) is 0 Å². The molecule has 0 saturated heterocycles. The van der Waals surface area contributed by atoms with Crippen molar-refractivity contribution in [3.05, 3.63) is 63.6 Å². The van der Waals surface area contributed by atoms with Crippen molar-refractivity contribution in [2.45, 2.75) is 4.90 Å². The van der Waals surface area contributed by atoms with Crippen LogP contribution in [-0.4, -0.2) is 11.5 Å². The second-order valence-corrected chi connectivity index (χ2v) is 5.99. The molecule has 0 aliphatic carbocycles. The average Bonchev–Trinajstić information content (AvgIpc) is 2.38. The highest BCUT2D eigenvalue weighted by Gasteiger charge is 2.09. The number of carbonyl (C=O) groups excluding carboxylic acids is 1. The number of rotatable bonds is 4. The van der Waals surface area contributed by atoms with Crippen molar-refractivity contribution < 1.29 is 4.79 Å². The molecule has 2 rings (SSSR count). The van der Waals surface area contributed by atoms with Crippen molar-refractivity contribution >= 4 is 45.1 Å². The van der Waals surface area contributed by atoms with Gasteiger partial charge in [0.1, 0.15) is 0 Å². The number of Topliss-reactive ketones (excluding diaryl/α,β-unsaturated/α-hetero) is 1. The van der Waals surface area contributed by atoms with Crippen LogP contribution in [0.3, 0.4) is 0 Å². The molecule has 0 radical (unpaired) electrons. The number of halogens is 2. The summed E-state index contributed by atoms with van der Waals surface area (Å²) in [5.74, 6) is 0.534. The number of hydrogen-bond donors (Lipinski definition) is 0. The summed E-state index contributed by atoms with van der Waals surface area (Å²) in [5, 5.41) is 0.705. The molecule has 0 N–H and O–H groups in total. The van der Waals surface area contributed by atoms with Crippen LogP contribution < -0.4 is 0 Å². The first kappa shape index (κ1) is 13.7. The highest BCUT2D eigenvalue weighted by molar-refractivity contribution is 9.10. The molecule has 0 unspecified atom stereocenters. The maximum Gasteiger partial charge on any atom is 0.174 e. The topological polar surface area (TPSA) is 17.1 Å². The molecule has 0 aliphatic heterocycles. The van der Waals surface area contributed by atoms with Gasteiger partial charge < -0.3 is 0 Å². The molecular formula is C14H10BrClOS. The van der Waals surface area contributed by atoms with E-state index in [-0.39, 0.29) is 5.78 Å². The lowest BCUT2D eigenvalue weighted by Gasteiger charge is -2.03. The summed E-state index contributed by atoms with van der Waals surface area (Å²) in [5.41, 5.74) is 0.721. The van der Waals surface area contributed by atoms with Gasteiger partial charge >= 0.3 is 0 Å². The molecule has 0 heterocycles. The van der Waals surface area contributed by atoms with Gasteiger partial charge in [-0.25, -0.2) is 0 Å². The van der Waals surface area contributed by atoms with Crippen LogP contribution >= 0.6 is 39.3 Å². The fourth-order valence-corrected chi connectivity index (χ4v) is 2.86. The molecule has 0 amide bonds. The smallest absolute Gasteiger partial charge is 0.174 e. The van der Waals surface area contributed by atoms with Crippen LogP contribution in [0, 0.1) is 0 Å². The van der Waals surface area contributed by atoms with Crippen molar-refractivity contribution in [2.24, 2.45) is 0 Å². The molecule has 0 atom stereocenters. The fourth-order valence-electron chi connectivity index (χ4n) is 1.44. The molecule has 0 aliphatic rings. The quantitative estimate of drug-likeness (QED) is 0.570. The molecule has 0 saturated carbocycles. The zero-order valence-electron chi connectivity index (χ0n) is 9.40. The van der Waals surface area contributed by atoms with E-state index in [9.17, 15) is 4.79 Å². The van der Waals surface area contributed by atoms with E-state index in [1.807, 2.05) is 48.5 Å². The highest BCUT2D eigenvalue weighted by atomic mass is 79.9. The Labute approximate surface area is 124 Å². The first-order valence-corrected chi connectivity index (χ1v) is 7.48. The third-order valence-corrected chi connectivity index (χ3v) is 4.31. The maximum absolute atomic E-state index is 12.0. The van der Waals surface area contributed by atoms with Gasteiger partial charge in [-0.15, -0.1) is 11.8 Å². The van der Waals surface area contributed by atoms with E-state index in [0.717, 1.165) is 14.9 Å². The van der Waals surface area contributed by atoms with Gasteiger partial charge in [0.15, 0.2) is 5.78 Å². The standard InChI is InChI=1S/C14H10BrClOS/c15-13-4-2-1-3-12(13)14(17)9-18-11-7-5-10(16)6-8-11/h1-8H,9H2. The predicted octanol–water partition coefficient (Wildman–Crippen LogP) is 5.08. The van der Waals surface area contributed by atoms with Gasteiger partial charge in [-0.2, -0.15) is 0 Å². The van der Waals surface area contributed by atoms with Gasteiger partial charge in [0.2, 0.25) is 0 Å². The van der Waals surface area contributed by atoms with Gasteiger partial charge in [-0.1, -0.05) is 45.7 Å². The van der Waals surface area contributed by atoms with Crippen LogP contribution in [0.1, 0.15) is 10.4 Å². The van der Waals surface area contributed by atoms with E-state index < -0.39 is 0 Å². The summed E-state index contributed by atoms with van der Waals surface area (Å²) in [6.45, 7) is 0. The van der Waals surface area contributed by atoms with E-state index in [2.05, 4.69) is 15.9 Å². The zero-order valence-corrected chi connectivity index (χ0v) is 12.6. The Bertz CT molecular complexity index is 554. The molecule has 2 aromatic rings. The molecular weight excluding hydrogens is 332 g/mol. The molecule has 0 fully saturated rings. The summed E-state index contributed by atoms with van der Waals surface area (Å²) in [6.07, 6.45) is 0. The lowest BCUT2D eigenvalue weighted by Crippen LogP contribution is -2.02. The molecule has 0 bridgehead atoms. The third kappa shape index (κ3) is 3.61. The number of thioether (sulfide) groups is 1. The van der Waals surface area contributed by atoms with Crippen LogP contribution in [0.15, 0.2) is 57.9 Å². The van der Waals surface area contributed by atoms with Crippen molar-refractivity contribution in [3.63, 3.8) is 0 Å². The molecule has 18 heavy (non-hydrogen) atoms. The molecule has 0 aromatic heterocycles. The average molecular weight is 342 g/mol. The summed E-state index contributed by atoms with van der Waals surface area (Å²) in [4.78, 5) is 13.1. The number of benzene rings is 2. The van der Waals surface area contributed by atoms with Gasteiger partial charge in [-0.05, 0) is 30.3 Å². The third-order valence-electron chi connectivity index (χ3n) is 2.36. The number of ketones is 1. The van der Waals surface area contributed by atoms with Gasteiger partial charge in [0.05, 0.1) is 5.75 Å². The predicted molar refractivity (Wildman–Crippen MR) is 80.6 cm³/mol. The Morgan fingerprint density at radius 3 is 2.44 bits per heavy atom. The van der Waals surface area contributed by atoms with E-state index in [4.69, 9.17) is 11.6 Å². The normalized spacial score (nSPS) is 10.3. The second-order valence-electron chi connectivity index (χ2n) is 3.65. The first-order valence-electron chi connectivity index (χ1n) is 5.33. The monoisotopic (exact) mass is 340 g/mol. The summed E-state index contributed by atoms with van der Waals surface area (Å²) < 4.78 is 0.840. The largest absolute Gasteiger partial charge is 0.293 e. The lowest BCUT2D eigenvalue weighted by atomic mass is 10.1. The number of hydrogen-bond acceptors (Lipinski definition) is 2. The minimum absolute atomic E-state index is 0.113. The molecule has 1 nitrogen and oxygen atoms in total. The van der Waals surface area contributed by atoms with Crippen LogP contribution in [0.5, 0.6) is 0 Å². The second kappa shape index (κ2) is 6.41. The molecule has 2 aromatic carbocycles. The van der Waals surface area contributed by atoms with E-state index in [1.165, 1.54) is 11.8 Å². The van der Waals surface area contributed by atoms with Crippen LogP contribution in [0.25, 0.3) is 0 Å². The highest BCUT2D eigenvalue weighted by Crippen LogP contribution is 2.23. The van der Waals surface area contributed by atoms with Crippen molar-refractivity contribution in [3.8, 4) is 0 Å². The Morgan fingerprint density at radius 1 is 1.11 bits per heavy atom. The van der Waals surface area contributed by atoms with E-state index in [0.29, 0.717) is 10.8 Å². The first-order chi connectivity index (χ1) is 8.66. The number of carbonyl (C=O) groups is 1. The zero-order chi connectivity index (χ0) is 13.0. The minimum atomic E-state index is 0.113. The van der Waals surface area contributed by atoms with Gasteiger partial charge in [0.25, 0.3) is 0 Å². The summed E-state index contributed by atoms with van der Waals surface area (Å²) >= 11 is 10.7. The minimum Gasteiger partial charge on any atom is -0.293 e. The summed E-state index contributed by atoms with van der Waals surface area (Å²) in [7, 11) is 0. The Morgan fingerprint density at radius 2 is 1.78 bits per heavy atom. The van der Waals surface area contributed by atoms with Crippen LogP contribution in [0.2, 0.25) is 5.02 Å². The molecule has 92 valence electrons. The summed E-state index contributed by atoms with van der Waals surface area (Å²) in [6, 6.07) is 15.0. The molecule has 4 heteroatoms. The van der Waals surface area contributed by atoms with Crippen molar-refractivity contribution in [2.75, 3.05) is 5.75 Å². The van der Waals surface area contributed by atoms with Crippen LogP contribution in [0.4, 0.5) is 0 Å².